The lowest BCUT2D eigenvalue weighted by atomic mass is 9.93. The lowest BCUT2D eigenvalue weighted by molar-refractivity contribution is -0.0557. The van der Waals surface area contributed by atoms with Crippen LogP contribution in [0, 0.1) is 0 Å². The molecule has 4 atom stereocenters. The second kappa shape index (κ2) is 7.24. The first-order valence-electron chi connectivity index (χ1n) is 5.49. The molecular formula is C10H20BNO4. The third kappa shape index (κ3) is 3.43. The van der Waals surface area contributed by atoms with E-state index in [-0.39, 0.29) is 18.3 Å². The highest BCUT2D eigenvalue weighted by atomic mass is 16.6. The smallest absolute Gasteiger partial charge is 0.113 e. The Morgan fingerprint density at radius 1 is 1.31 bits per heavy atom. The predicted octanol–water partition coefficient (Wildman–Crippen LogP) is -0.725. The molecular weight excluding hydrogens is 209 g/mol. The minimum atomic E-state index is -0.470. The topological polar surface area (TPSA) is 62.9 Å². The maximum atomic E-state index is 5.83. The second-order valence-corrected chi connectivity index (χ2v) is 3.77. The van der Waals surface area contributed by atoms with Gasteiger partial charge in [0.05, 0.1) is 6.61 Å². The van der Waals surface area contributed by atoms with Gasteiger partial charge in [-0.15, -0.1) is 0 Å². The van der Waals surface area contributed by atoms with Crippen LogP contribution in [-0.4, -0.2) is 66.1 Å². The van der Waals surface area contributed by atoms with E-state index in [0.29, 0.717) is 19.8 Å². The van der Waals surface area contributed by atoms with Gasteiger partial charge < -0.3 is 24.7 Å². The lowest BCUT2D eigenvalue weighted by Crippen LogP contribution is -2.38. The van der Waals surface area contributed by atoms with Gasteiger partial charge >= 0.3 is 0 Å². The van der Waals surface area contributed by atoms with Crippen molar-refractivity contribution in [2.75, 3.05) is 34.0 Å². The van der Waals surface area contributed by atoms with Gasteiger partial charge in [-0.3, -0.25) is 0 Å². The minimum Gasteiger partial charge on any atom is -0.382 e. The lowest BCUT2D eigenvalue weighted by Gasteiger charge is -2.22. The summed E-state index contributed by atoms with van der Waals surface area (Å²) in [6.07, 6.45) is 0.187. The van der Waals surface area contributed by atoms with Crippen LogP contribution < -0.4 is 5.73 Å². The molecule has 0 aliphatic carbocycles. The Morgan fingerprint density at radius 2 is 2.06 bits per heavy atom. The molecule has 5 nitrogen and oxygen atoms in total. The van der Waals surface area contributed by atoms with E-state index in [9.17, 15) is 0 Å². The van der Waals surface area contributed by atoms with Gasteiger partial charge in [0.25, 0.3) is 0 Å². The van der Waals surface area contributed by atoms with E-state index in [0.717, 1.165) is 6.42 Å². The quantitative estimate of drug-likeness (QED) is 0.461. The average Bonchev–Trinajstić information content (AvgIpc) is 2.56. The summed E-state index contributed by atoms with van der Waals surface area (Å²) >= 11 is 0. The molecule has 0 spiro atoms. The highest BCUT2D eigenvalue weighted by Crippen LogP contribution is 2.24. The fourth-order valence-corrected chi connectivity index (χ4v) is 1.83. The van der Waals surface area contributed by atoms with Crippen LogP contribution in [0.4, 0.5) is 0 Å². The molecule has 0 aromatic heterocycles. The zero-order valence-corrected chi connectivity index (χ0v) is 9.93. The summed E-state index contributed by atoms with van der Waals surface area (Å²) in [4.78, 5) is 0. The third-order valence-corrected chi connectivity index (χ3v) is 2.61. The summed E-state index contributed by atoms with van der Waals surface area (Å²) in [5.41, 5.74) is 5.40. The molecule has 0 amide bonds. The van der Waals surface area contributed by atoms with E-state index in [4.69, 9.17) is 32.5 Å². The van der Waals surface area contributed by atoms with Crippen molar-refractivity contribution in [1.82, 2.24) is 0 Å². The Hall–Kier alpha value is -0.135. The molecule has 16 heavy (non-hydrogen) atoms. The Kier molecular flexibility index (Phi) is 6.30. The normalized spacial score (nSPS) is 34.4. The largest absolute Gasteiger partial charge is 0.382 e. The summed E-state index contributed by atoms with van der Waals surface area (Å²) in [5, 5.41) is 0. The van der Waals surface area contributed by atoms with Crippen LogP contribution in [0.1, 0.15) is 6.42 Å². The van der Waals surface area contributed by atoms with Gasteiger partial charge in [-0.25, -0.2) is 0 Å². The Morgan fingerprint density at radius 3 is 2.62 bits per heavy atom. The number of nitrogens with two attached hydrogens (primary N) is 1. The standard InChI is InChI=1S/C10H20BNO4/c1-13-6-7-8(14-2)9(10(11)16-7)15-5-3-4-12/h7-10H,3-6,12H2,1-2H3/t7-,8-,9-,10-/m1/s1. The first-order valence-corrected chi connectivity index (χ1v) is 5.49. The molecule has 92 valence electrons. The Bertz CT molecular complexity index is 196. The number of rotatable bonds is 7. The van der Waals surface area contributed by atoms with Gasteiger partial charge in [0.1, 0.15) is 26.2 Å². The van der Waals surface area contributed by atoms with Crippen LogP contribution in [0.5, 0.6) is 0 Å². The van der Waals surface area contributed by atoms with Gasteiger partial charge in [-0.2, -0.15) is 0 Å². The van der Waals surface area contributed by atoms with E-state index in [1.165, 1.54) is 0 Å². The monoisotopic (exact) mass is 229 g/mol. The van der Waals surface area contributed by atoms with E-state index in [1.54, 1.807) is 14.2 Å². The fraction of sp³-hybridized carbons (Fsp3) is 1.00. The summed E-state index contributed by atoms with van der Waals surface area (Å²) in [7, 11) is 9.07. The van der Waals surface area contributed by atoms with Crippen molar-refractivity contribution in [3.8, 4) is 0 Å². The third-order valence-electron chi connectivity index (χ3n) is 2.61. The number of hydrogen-bond donors (Lipinski definition) is 1. The first-order chi connectivity index (χ1) is 7.74. The molecule has 1 aliphatic rings. The molecule has 1 rings (SSSR count). The van der Waals surface area contributed by atoms with Crippen molar-refractivity contribution in [2.24, 2.45) is 5.73 Å². The van der Waals surface area contributed by atoms with Gasteiger partial charge in [-0.1, -0.05) is 0 Å². The number of ether oxygens (including phenoxy) is 4. The molecule has 0 aromatic carbocycles. The van der Waals surface area contributed by atoms with Crippen molar-refractivity contribution in [3.05, 3.63) is 0 Å². The van der Waals surface area contributed by atoms with Crippen molar-refractivity contribution >= 4 is 7.85 Å². The zero-order chi connectivity index (χ0) is 12.0. The van der Waals surface area contributed by atoms with Crippen LogP contribution in [0.25, 0.3) is 0 Å². The number of methoxy groups -OCH3 is 2. The molecule has 0 aromatic rings. The van der Waals surface area contributed by atoms with Gasteiger partial charge in [0, 0.05) is 26.8 Å². The fourth-order valence-electron chi connectivity index (χ4n) is 1.83. The van der Waals surface area contributed by atoms with E-state index in [2.05, 4.69) is 0 Å². The predicted molar refractivity (Wildman–Crippen MR) is 60.5 cm³/mol. The van der Waals surface area contributed by atoms with Gasteiger partial charge in [-0.05, 0) is 13.0 Å². The molecule has 1 fully saturated rings. The van der Waals surface area contributed by atoms with Crippen LogP contribution in [0.3, 0.4) is 0 Å². The summed E-state index contributed by atoms with van der Waals surface area (Å²) in [6.45, 7) is 1.61. The molecule has 0 bridgehead atoms. The summed E-state index contributed by atoms with van der Waals surface area (Å²) < 4.78 is 21.5. The van der Waals surface area contributed by atoms with E-state index >= 15 is 0 Å². The second-order valence-electron chi connectivity index (χ2n) is 3.77. The van der Waals surface area contributed by atoms with Crippen LogP contribution in [0.2, 0.25) is 0 Å². The molecule has 1 saturated heterocycles. The summed E-state index contributed by atoms with van der Waals surface area (Å²) in [6, 6.07) is -0.470. The molecule has 2 N–H and O–H groups in total. The van der Waals surface area contributed by atoms with Gasteiger partial charge in [0.2, 0.25) is 0 Å². The molecule has 2 radical (unpaired) electrons. The minimum absolute atomic E-state index is 0.173. The SMILES string of the molecule is [B][C@@H]1O[C@H](COC)[C@@H](OC)[C@H]1OCCCN. The van der Waals surface area contributed by atoms with Crippen LogP contribution >= 0.6 is 0 Å². The molecule has 0 saturated carbocycles. The molecule has 1 aliphatic heterocycles. The molecule has 1 heterocycles. The van der Waals surface area contributed by atoms with E-state index in [1.807, 2.05) is 0 Å². The van der Waals surface area contributed by atoms with Crippen molar-refractivity contribution in [3.63, 3.8) is 0 Å². The van der Waals surface area contributed by atoms with Crippen molar-refractivity contribution in [1.29, 1.82) is 0 Å². The van der Waals surface area contributed by atoms with Crippen molar-refractivity contribution < 1.29 is 18.9 Å². The molecule has 0 unspecified atom stereocenters. The van der Waals surface area contributed by atoms with Crippen LogP contribution in [-0.2, 0) is 18.9 Å². The zero-order valence-electron chi connectivity index (χ0n) is 9.93. The Labute approximate surface area is 98.0 Å². The highest BCUT2D eigenvalue weighted by Gasteiger charge is 2.42. The van der Waals surface area contributed by atoms with Crippen LogP contribution in [0.15, 0.2) is 0 Å². The molecule has 6 heteroatoms. The summed E-state index contributed by atoms with van der Waals surface area (Å²) in [5.74, 6) is 0. The highest BCUT2D eigenvalue weighted by molar-refractivity contribution is 6.11. The average molecular weight is 229 g/mol. The van der Waals surface area contributed by atoms with Crippen molar-refractivity contribution in [2.45, 2.75) is 30.7 Å². The number of hydrogen-bond acceptors (Lipinski definition) is 5. The maximum absolute atomic E-state index is 5.83. The Balaban J connectivity index is 2.46. The van der Waals surface area contributed by atoms with E-state index < -0.39 is 6.00 Å². The first kappa shape index (κ1) is 13.9. The maximum Gasteiger partial charge on any atom is 0.113 e. The van der Waals surface area contributed by atoms with Gasteiger partial charge in [0.15, 0.2) is 0 Å².